The second kappa shape index (κ2) is 7.84. The van der Waals surface area contributed by atoms with Crippen LogP contribution in [-0.4, -0.2) is 59.6 Å². The molecule has 1 unspecified atom stereocenters. The first kappa shape index (κ1) is 19.2. The molecular formula is C18H25NO6. The van der Waals surface area contributed by atoms with Crippen molar-refractivity contribution in [3.8, 4) is 0 Å². The van der Waals surface area contributed by atoms with Gasteiger partial charge in [0.15, 0.2) is 0 Å². The molecule has 7 nitrogen and oxygen atoms in total. The van der Waals surface area contributed by atoms with Crippen molar-refractivity contribution in [3.63, 3.8) is 0 Å². The Bertz CT molecular complexity index is 597. The van der Waals surface area contributed by atoms with Crippen molar-refractivity contribution in [2.45, 2.75) is 38.6 Å². The minimum Gasteiger partial charge on any atom is -0.479 e. The van der Waals surface area contributed by atoms with Gasteiger partial charge in [-0.15, -0.1) is 0 Å². The number of aliphatic carboxylic acids is 1. The van der Waals surface area contributed by atoms with Crippen LogP contribution in [0.1, 0.15) is 26.3 Å². The Labute approximate surface area is 147 Å². The highest BCUT2D eigenvalue weighted by Gasteiger charge is 2.46. The maximum absolute atomic E-state index is 12.2. The zero-order valence-electron chi connectivity index (χ0n) is 14.9. The minimum atomic E-state index is -1.59. The lowest BCUT2D eigenvalue weighted by molar-refractivity contribution is -0.188. The number of amides is 1. The number of rotatable bonds is 5. The summed E-state index contributed by atoms with van der Waals surface area (Å²) in [5.74, 6) is -1.16. The number of carbonyl (C=O) groups is 2. The number of hydrogen-bond acceptors (Lipinski definition) is 5. The number of carboxylic acids is 1. The lowest BCUT2D eigenvalue weighted by Gasteiger charge is -2.39. The highest BCUT2D eigenvalue weighted by molar-refractivity contribution is 5.79. The number of benzene rings is 1. The molecule has 7 heteroatoms. The first-order chi connectivity index (χ1) is 11.7. The lowest BCUT2D eigenvalue weighted by Crippen LogP contribution is -2.60. The van der Waals surface area contributed by atoms with E-state index in [1.54, 1.807) is 20.8 Å². The van der Waals surface area contributed by atoms with Gasteiger partial charge < -0.3 is 24.2 Å². The fourth-order valence-electron chi connectivity index (χ4n) is 2.45. The Balaban J connectivity index is 2.00. The van der Waals surface area contributed by atoms with Crippen molar-refractivity contribution in [1.82, 2.24) is 4.90 Å². The Hall–Kier alpha value is -2.12. The number of carbonyl (C=O) groups excluding carboxylic acids is 1. The number of nitrogens with zero attached hydrogens (tertiary/aromatic N) is 1. The molecule has 1 aromatic rings. The molecule has 1 aliphatic heterocycles. The van der Waals surface area contributed by atoms with Gasteiger partial charge in [-0.3, -0.25) is 0 Å². The average Bonchev–Trinajstić information content (AvgIpc) is 2.54. The van der Waals surface area contributed by atoms with Crippen molar-refractivity contribution in [3.05, 3.63) is 35.9 Å². The topological polar surface area (TPSA) is 85.3 Å². The molecule has 1 heterocycles. The fraction of sp³-hybridized carbons (Fsp3) is 0.556. The number of ether oxygens (including phenoxy) is 3. The minimum absolute atomic E-state index is 0.111. The van der Waals surface area contributed by atoms with Crippen LogP contribution in [0.3, 0.4) is 0 Å². The second-order valence-corrected chi connectivity index (χ2v) is 7.03. The van der Waals surface area contributed by atoms with Gasteiger partial charge in [0, 0.05) is 6.54 Å². The third-order valence-electron chi connectivity index (χ3n) is 3.67. The summed E-state index contributed by atoms with van der Waals surface area (Å²) in [6.07, 6.45) is -0.551. The maximum Gasteiger partial charge on any atom is 0.410 e. The van der Waals surface area contributed by atoms with Crippen LogP contribution in [0.15, 0.2) is 30.3 Å². The number of morpholine rings is 1. The molecule has 25 heavy (non-hydrogen) atoms. The van der Waals surface area contributed by atoms with Crippen LogP contribution in [0.2, 0.25) is 0 Å². The normalized spacial score (nSPS) is 21.0. The Morgan fingerprint density at radius 2 is 1.96 bits per heavy atom. The van der Waals surface area contributed by atoms with Crippen LogP contribution < -0.4 is 0 Å². The molecule has 1 saturated heterocycles. The van der Waals surface area contributed by atoms with Crippen molar-refractivity contribution in [2.75, 3.05) is 26.3 Å². The van der Waals surface area contributed by atoms with E-state index >= 15 is 0 Å². The third kappa shape index (κ3) is 5.44. The van der Waals surface area contributed by atoms with Crippen LogP contribution in [0.5, 0.6) is 0 Å². The second-order valence-electron chi connectivity index (χ2n) is 7.03. The van der Waals surface area contributed by atoms with Crippen molar-refractivity contribution in [2.24, 2.45) is 0 Å². The predicted octanol–water partition coefficient (Wildman–Crippen LogP) is 2.29. The van der Waals surface area contributed by atoms with Crippen LogP contribution >= 0.6 is 0 Å². The van der Waals surface area contributed by atoms with Crippen LogP contribution in [-0.2, 0) is 25.6 Å². The van der Waals surface area contributed by atoms with E-state index < -0.39 is 23.3 Å². The summed E-state index contributed by atoms with van der Waals surface area (Å²) in [4.78, 5) is 25.4. The summed E-state index contributed by atoms with van der Waals surface area (Å²) in [7, 11) is 0. The summed E-state index contributed by atoms with van der Waals surface area (Å²) >= 11 is 0. The molecule has 1 fully saturated rings. The fourth-order valence-corrected chi connectivity index (χ4v) is 2.45. The molecule has 1 N–H and O–H groups in total. The van der Waals surface area contributed by atoms with E-state index in [0.29, 0.717) is 0 Å². The van der Waals surface area contributed by atoms with Gasteiger partial charge in [-0.1, -0.05) is 30.3 Å². The largest absolute Gasteiger partial charge is 0.479 e. The molecule has 2 rings (SSSR count). The monoisotopic (exact) mass is 351 g/mol. The molecule has 0 radical (unpaired) electrons. The highest BCUT2D eigenvalue weighted by atomic mass is 16.6. The van der Waals surface area contributed by atoms with Crippen LogP contribution in [0.4, 0.5) is 4.79 Å². The van der Waals surface area contributed by atoms with Crippen LogP contribution in [0, 0.1) is 0 Å². The first-order valence-corrected chi connectivity index (χ1v) is 8.19. The number of hydrogen-bond donors (Lipinski definition) is 1. The zero-order chi connectivity index (χ0) is 18.5. The Kier molecular flexibility index (Phi) is 6.02. The van der Waals surface area contributed by atoms with Crippen LogP contribution in [0.25, 0.3) is 0 Å². The molecule has 0 aromatic heterocycles. The van der Waals surface area contributed by atoms with Gasteiger partial charge in [0.1, 0.15) is 5.60 Å². The summed E-state index contributed by atoms with van der Waals surface area (Å²) in [5.41, 5.74) is -1.31. The van der Waals surface area contributed by atoms with E-state index in [0.717, 1.165) is 5.56 Å². The summed E-state index contributed by atoms with van der Waals surface area (Å²) in [6, 6.07) is 9.44. The summed E-state index contributed by atoms with van der Waals surface area (Å²) in [5, 5.41) is 9.63. The Morgan fingerprint density at radius 3 is 2.56 bits per heavy atom. The van der Waals surface area contributed by atoms with E-state index in [1.807, 2.05) is 30.3 Å². The molecule has 0 bridgehead atoms. The van der Waals surface area contributed by atoms with Crippen molar-refractivity contribution >= 4 is 12.1 Å². The van der Waals surface area contributed by atoms with E-state index in [2.05, 4.69) is 0 Å². The summed E-state index contributed by atoms with van der Waals surface area (Å²) in [6.45, 7) is 5.67. The molecule has 1 atom stereocenters. The SMILES string of the molecule is CC(C)(C)OC(=O)N1CCOC(COCc2ccccc2)(C(=O)O)C1. The van der Waals surface area contributed by atoms with Crippen molar-refractivity contribution < 1.29 is 28.9 Å². The lowest BCUT2D eigenvalue weighted by atomic mass is 10.0. The molecule has 138 valence electrons. The van der Waals surface area contributed by atoms with Gasteiger partial charge in [-0.25, -0.2) is 9.59 Å². The van der Waals surface area contributed by atoms with Gasteiger partial charge in [-0.2, -0.15) is 0 Å². The van der Waals surface area contributed by atoms with Crippen molar-refractivity contribution in [1.29, 1.82) is 0 Å². The molecular weight excluding hydrogens is 326 g/mol. The predicted molar refractivity (Wildman–Crippen MR) is 90.2 cm³/mol. The van der Waals surface area contributed by atoms with Gasteiger partial charge in [0.25, 0.3) is 0 Å². The average molecular weight is 351 g/mol. The smallest absolute Gasteiger partial charge is 0.410 e. The van der Waals surface area contributed by atoms with Gasteiger partial charge in [0.2, 0.25) is 5.60 Å². The molecule has 1 aromatic carbocycles. The van der Waals surface area contributed by atoms with E-state index in [9.17, 15) is 14.7 Å². The summed E-state index contributed by atoms with van der Waals surface area (Å²) < 4.78 is 16.4. The van der Waals surface area contributed by atoms with Gasteiger partial charge in [-0.05, 0) is 26.3 Å². The zero-order valence-corrected chi connectivity index (χ0v) is 14.9. The highest BCUT2D eigenvalue weighted by Crippen LogP contribution is 2.22. The quantitative estimate of drug-likeness (QED) is 0.876. The van der Waals surface area contributed by atoms with E-state index in [-0.39, 0.29) is 32.9 Å². The molecule has 0 spiro atoms. The molecule has 0 aliphatic carbocycles. The van der Waals surface area contributed by atoms with Gasteiger partial charge >= 0.3 is 12.1 Å². The first-order valence-electron chi connectivity index (χ1n) is 8.19. The van der Waals surface area contributed by atoms with E-state index in [4.69, 9.17) is 14.2 Å². The Morgan fingerprint density at radius 1 is 1.28 bits per heavy atom. The molecule has 0 saturated carbocycles. The van der Waals surface area contributed by atoms with E-state index in [1.165, 1.54) is 4.90 Å². The number of carboxylic acid groups (broad SMARTS) is 1. The third-order valence-corrected chi connectivity index (χ3v) is 3.67. The van der Waals surface area contributed by atoms with Gasteiger partial charge in [0.05, 0.1) is 26.4 Å². The molecule has 1 aliphatic rings. The molecule has 1 amide bonds. The standard InChI is InChI=1S/C18H25NO6/c1-17(2,3)25-16(22)19-9-10-24-18(12-19,15(20)21)13-23-11-14-7-5-4-6-8-14/h4-8H,9-13H2,1-3H3,(H,20,21). The maximum atomic E-state index is 12.2.